The zero-order valence-electron chi connectivity index (χ0n) is 19.2. The van der Waals surface area contributed by atoms with Crippen molar-refractivity contribution < 1.29 is 27.5 Å². The number of aliphatic carboxylic acids is 1. The van der Waals surface area contributed by atoms with Crippen LogP contribution < -0.4 is 10.0 Å². The van der Waals surface area contributed by atoms with Gasteiger partial charge < -0.3 is 14.8 Å². The van der Waals surface area contributed by atoms with Crippen LogP contribution in [0, 0.1) is 0 Å². The zero-order chi connectivity index (χ0) is 25.3. The molecule has 0 spiro atoms. The number of carboxylic acid groups (broad SMARTS) is 1. The van der Waals surface area contributed by atoms with Gasteiger partial charge in [0.05, 0.1) is 4.90 Å². The van der Waals surface area contributed by atoms with Crippen LogP contribution in [0.25, 0.3) is 22.1 Å². The highest BCUT2D eigenvalue weighted by Gasteiger charge is 2.44. The van der Waals surface area contributed by atoms with Gasteiger partial charge in [-0.15, -0.1) is 0 Å². The summed E-state index contributed by atoms with van der Waals surface area (Å²) >= 11 is 0. The lowest BCUT2D eigenvalue weighted by Crippen LogP contribution is -2.52. The normalized spacial score (nSPS) is 15.1. The quantitative estimate of drug-likeness (QED) is 0.324. The number of furan rings is 1. The molecule has 0 unspecified atom stereocenters. The van der Waals surface area contributed by atoms with Gasteiger partial charge in [0.1, 0.15) is 11.1 Å². The molecule has 3 N–H and O–H groups in total. The minimum atomic E-state index is -3.99. The van der Waals surface area contributed by atoms with Gasteiger partial charge in [-0.1, -0.05) is 55.3 Å². The second-order valence-electron chi connectivity index (χ2n) is 8.90. The van der Waals surface area contributed by atoms with E-state index in [0.29, 0.717) is 24.1 Å². The molecule has 0 radical (unpaired) electrons. The summed E-state index contributed by atoms with van der Waals surface area (Å²) < 4.78 is 33.7. The molecule has 184 valence electrons. The molecular formula is C27H24N2O6S. The molecule has 1 aliphatic carbocycles. The number of carbonyl (C=O) groups is 2. The monoisotopic (exact) mass is 504 g/mol. The predicted octanol–water partition coefficient (Wildman–Crippen LogP) is 5.03. The molecule has 0 bridgehead atoms. The molecule has 8 nitrogen and oxygen atoms in total. The number of anilines is 1. The van der Waals surface area contributed by atoms with E-state index in [1.807, 2.05) is 30.3 Å². The van der Waals surface area contributed by atoms with Gasteiger partial charge in [-0.05, 0) is 60.4 Å². The molecule has 4 aromatic rings. The fourth-order valence-corrected chi connectivity index (χ4v) is 5.93. The van der Waals surface area contributed by atoms with Crippen molar-refractivity contribution in [3.8, 4) is 11.1 Å². The van der Waals surface area contributed by atoms with Crippen molar-refractivity contribution in [3.63, 3.8) is 0 Å². The van der Waals surface area contributed by atoms with Crippen molar-refractivity contribution in [1.29, 1.82) is 0 Å². The molecule has 36 heavy (non-hydrogen) atoms. The Hall–Kier alpha value is -3.95. The van der Waals surface area contributed by atoms with Crippen molar-refractivity contribution in [1.82, 2.24) is 4.72 Å². The highest BCUT2D eigenvalue weighted by Crippen LogP contribution is 2.32. The Morgan fingerprint density at radius 2 is 1.47 bits per heavy atom. The molecule has 0 atom stereocenters. The minimum Gasteiger partial charge on any atom is -0.480 e. The number of hydrogen-bond acceptors (Lipinski definition) is 5. The Morgan fingerprint density at radius 1 is 0.861 bits per heavy atom. The fourth-order valence-electron chi connectivity index (χ4n) is 4.51. The third kappa shape index (κ3) is 4.62. The summed E-state index contributed by atoms with van der Waals surface area (Å²) in [5, 5.41) is 13.2. The summed E-state index contributed by atoms with van der Waals surface area (Å²) in [5.41, 5.74) is 1.38. The number of fused-ring (bicyclic) bond motifs is 1. The smallest absolute Gasteiger partial charge is 0.324 e. The first kappa shape index (κ1) is 23.8. The largest absolute Gasteiger partial charge is 0.480 e. The molecule has 1 heterocycles. The first-order valence-electron chi connectivity index (χ1n) is 11.5. The van der Waals surface area contributed by atoms with E-state index in [-0.39, 0.29) is 29.4 Å². The van der Waals surface area contributed by atoms with E-state index in [4.69, 9.17) is 4.42 Å². The molecule has 1 saturated carbocycles. The first-order chi connectivity index (χ1) is 17.3. The second-order valence-corrected chi connectivity index (χ2v) is 10.6. The van der Waals surface area contributed by atoms with E-state index in [2.05, 4.69) is 10.0 Å². The maximum Gasteiger partial charge on any atom is 0.324 e. The number of sulfonamides is 1. The second kappa shape index (κ2) is 9.25. The lowest BCUT2D eigenvalue weighted by atomic mass is 10.0. The van der Waals surface area contributed by atoms with Gasteiger partial charge in [0, 0.05) is 11.1 Å². The van der Waals surface area contributed by atoms with Crippen LogP contribution in [0.2, 0.25) is 0 Å². The molecule has 9 heteroatoms. The third-order valence-corrected chi connectivity index (χ3v) is 8.04. The summed E-state index contributed by atoms with van der Waals surface area (Å²) in [6, 6.07) is 22.4. The average molecular weight is 505 g/mol. The van der Waals surface area contributed by atoms with Gasteiger partial charge in [0.25, 0.3) is 5.91 Å². The number of para-hydroxylation sites is 1. The lowest BCUT2D eigenvalue weighted by Gasteiger charge is -2.25. The van der Waals surface area contributed by atoms with E-state index < -0.39 is 21.5 Å². The average Bonchev–Trinajstić information content (AvgIpc) is 3.52. The van der Waals surface area contributed by atoms with Crippen LogP contribution in [-0.4, -0.2) is 30.9 Å². The number of nitrogens with one attached hydrogen (secondary N) is 2. The molecule has 0 aliphatic heterocycles. The van der Waals surface area contributed by atoms with Gasteiger partial charge in [-0.2, -0.15) is 4.72 Å². The van der Waals surface area contributed by atoms with Crippen molar-refractivity contribution in [2.75, 3.05) is 5.32 Å². The molecule has 1 amide bonds. The molecule has 1 aromatic heterocycles. The SMILES string of the molecule is O=C(Nc1ccc(-c2ccc(S(=O)(=O)NC3(C(=O)O)CCCC3)cc2)cc1)c1cc2ccccc2o1. The number of amides is 1. The minimum absolute atomic E-state index is 0.00786. The Kier molecular flexibility index (Phi) is 6.11. The molecular weight excluding hydrogens is 480 g/mol. The third-order valence-electron chi connectivity index (χ3n) is 6.49. The zero-order valence-corrected chi connectivity index (χ0v) is 20.0. The van der Waals surface area contributed by atoms with Gasteiger partial charge in [0.2, 0.25) is 10.0 Å². The van der Waals surface area contributed by atoms with Crippen molar-refractivity contribution in [2.24, 2.45) is 0 Å². The van der Waals surface area contributed by atoms with Crippen molar-refractivity contribution in [3.05, 3.63) is 84.6 Å². The lowest BCUT2D eigenvalue weighted by molar-refractivity contribution is -0.143. The highest BCUT2D eigenvalue weighted by molar-refractivity contribution is 7.89. The topological polar surface area (TPSA) is 126 Å². The Bertz CT molecular complexity index is 1500. The Labute approximate surface area is 208 Å². The maximum absolute atomic E-state index is 12.8. The molecule has 0 saturated heterocycles. The summed E-state index contributed by atoms with van der Waals surface area (Å²) in [4.78, 5) is 24.3. The van der Waals surface area contributed by atoms with Crippen LogP contribution in [0.15, 0.2) is 88.2 Å². The molecule has 1 fully saturated rings. The standard InChI is InChI=1S/C27H24N2O6S/c30-25(24-17-20-5-1-2-6-23(20)35-24)28-21-11-7-18(8-12-21)19-9-13-22(14-10-19)36(33,34)29-27(26(31)32)15-3-4-16-27/h1-2,5-14,17,29H,3-4,15-16H2,(H,28,30)(H,31,32). The molecule has 3 aromatic carbocycles. The van der Waals surface area contributed by atoms with Crippen LogP contribution >= 0.6 is 0 Å². The van der Waals surface area contributed by atoms with Crippen LogP contribution in [0.4, 0.5) is 5.69 Å². The van der Waals surface area contributed by atoms with Gasteiger partial charge >= 0.3 is 5.97 Å². The van der Waals surface area contributed by atoms with E-state index >= 15 is 0 Å². The van der Waals surface area contributed by atoms with Crippen molar-refractivity contribution >= 4 is 38.6 Å². The maximum atomic E-state index is 12.8. The Morgan fingerprint density at radius 3 is 2.08 bits per heavy atom. The number of hydrogen-bond donors (Lipinski definition) is 3. The number of carbonyl (C=O) groups excluding carboxylic acids is 1. The Balaban J connectivity index is 1.28. The van der Waals surface area contributed by atoms with E-state index in [1.165, 1.54) is 12.1 Å². The van der Waals surface area contributed by atoms with E-state index in [9.17, 15) is 23.1 Å². The number of rotatable bonds is 7. The summed E-state index contributed by atoms with van der Waals surface area (Å²) in [6.45, 7) is 0. The van der Waals surface area contributed by atoms with Crippen LogP contribution in [-0.2, 0) is 14.8 Å². The number of carboxylic acids is 1. The van der Waals surface area contributed by atoms with Gasteiger partial charge in [0.15, 0.2) is 5.76 Å². The molecule has 1 aliphatic rings. The van der Waals surface area contributed by atoms with Gasteiger partial charge in [-0.3, -0.25) is 9.59 Å². The van der Waals surface area contributed by atoms with E-state index in [0.717, 1.165) is 16.5 Å². The van der Waals surface area contributed by atoms with Crippen molar-refractivity contribution in [2.45, 2.75) is 36.1 Å². The summed E-state index contributed by atoms with van der Waals surface area (Å²) in [6.07, 6.45) is 1.89. The highest BCUT2D eigenvalue weighted by atomic mass is 32.2. The van der Waals surface area contributed by atoms with Crippen LogP contribution in [0.3, 0.4) is 0 Å². The summed E-state index contributed by atoms with van der Waals surface area (Å²) in [5.74, 6) is -1.29. The first-order valence-corrected chi connectivity index (χ1v) is 13.0. The predicted molar refractivity (Wildman–Crippen MR) is 135 cm³/mol. The number of benzene rings is 3. The summed E-state index contributed by atoms with van der Waals surface area (Å²) in [7, 11) is -3.99. The fraction of sp³-hybridized carbons (Fsp3) is 0.185. The van der Waals surface area contributed by atoms with Crippen LogP contribution in [0.1, 0.15) is 36.2 Å². The van der Waals surface area contributed by atoms with Crippen LogP contribution in [0.5, 0.6) is 0 Å². The molecule has 5 rings (SSSR count). The van der Waals surface area contributed by atoms with Gasteiger partial charge in [-0.25, -0.2) is 8.42 Å². The van der Waals surface area contributed by atoms with E-state index in [1.54, 1.807) is 36.4 Å².